The van der Waals surface area contributed by atoms with Gasteiger partial charge in [-0.25, -0.2) is 0 Å². The second-order valence-electron chi connectivity index (χ2n) is 2.23. The maximum absolute atomic E-state index is 3.29. The largest absolute Gasteiger partial charge is 0.305 e. The number of hydrogen-bond acceptors (Lipinski definition) is 1. The summed E-state index contributed by atoms with van der Waals surface area (Å²) in [5.74, 6) is 0.843. The van der Waals surface area contributed by atoms with Crippen LogP contribution in [0, 0.1) is 12.0 Å². The van der Waals surface area contributed by atoms with E-state index in [9.17, 15) is 0 Å². The summed E-state index contributed by atoms with van der Waals surface area (Å²) in [4.78, 5) is 0. The molecule has 0 aromatic heterocycles. The molecule has 0 spiro atoms. The lowest BCUT2D eigenvalue weighted by Crippen LogP contribution is -2.13. The third-order valence-electron chi connectivity index (χ3n) is 1.64. The molecule has 1 heteroatoms. The van der Waals surface area contributed by atoms with Crippen molar-refractivity contribution in [1.29, 1.82) is 0 Å². The number of nitrogens with one attached hydrogen (secondary N) is 1. The Balaban J connectivity index is 2.27. The summed E-state index contributed by atoms with van der Waals surface area (Å²) in [7, 11) is 0. The minimum absolute atomic E-state index is 0.843. The van der Waals surface area contributed by atoms with Gasteiger partial charge in [0.25, 0.3) is 0 Å². The van der Waals surface area contributed by atoms with E-state index in [-0.39, 0.29) is 0 Å². The summed E-state index contributed by atoms with van der Waals surface area (Å²) in [5, 5.41) is 3.29. The van der Waals surface area contributed by atoms with Gasteiger partial charge in [-0.05, 0) is 12.3 Å². The highest BCUT2D eigenvalue weighted by Gasteiger charge is 2.25. The van der Waals surface area contributed by atoms with Gasteiger partial charge in [0, 0.05) is 6.54 Å². The standard InChI is InChI=1S/C6H8N/c1-2-6-3-5(1)4-7-6/h1-2,5,7H,3-4H2/t5-/m1/s1. The van der Waals surface area contributed by atoms with Crippen LogP contribution in [0.2, 0.25) is 0 Å². The summed E-state index contributed by atoms with van der Waals surface area (Å²) in [6.45, 7) is 1.19. The lowest BCUT2D eigenvalue weighted by Gasteiger charge is -2.00. The molecule has 0 saturated carbocycles. The normalized spacial score (nSPS) is 38.0. The molecule has 0 aromatic carbocycles. The Kier molecular flexibility index (Phi) is 0.577. The Hall–Kier alpha value is -0.300. The van der Waals surface area contributed by atoms with Gasteiger partial charge < -0.3 is 5.32 Å². The summed E-state index contributed by atoms with van der Waals surface area (Å²) in [6.07, 6.45) is 5.75. The Morgan fingerprint density at radius 1 is 1.71 bits per heavy atom. The highest BCUT2D eigenvalue weighted by molar-refractivity contribution is 5.23. The Morgan fingerprint density at radius 2 is 2.71 bits per heavy atom. The first-order valence-corrected chi connectivity index (χ1v) is 2.73. The van der Waals surface area contributed by atoms with Gasteiger partial charge in [0.05, 0.1) is 6.04 Å². The van der Waals surface area contributed by atoms with Crippen LogP contribution in [0.4, 0.5) is 0 Å². The molecule has 1 heterocycles. The van der Waals surface area contributed by atoms with Crippen molar-refractivity contribution in [3.63, 3.8) is 0 Å². The van der Waals surface area contributed by atoms with E-state index in [1.807, 2.05) is 0 Å². The topological polar surface area (TPSA) is 12.0 Å². The third kappa shape index (κ3) is 0.416. The molecular formula is C6H8N. The molecule has 1 nitrogen and oxygen atoms in total. The maximum atomic E-state index is 3.29. The molecule has 1 N–H and O–H groups in total. The first-order valence-electron chi connectivity index (χ1n) is 2.73. The summed E-state index contributed by atoms with van der Waals surface area (Å²) < 4.78 is 0. The fraction of sp³-hybridized carbons (Fsp3) is 0.500. The van der Waals surface area contributed by atoms with Gasteiger partial charge >= 0.3 is 0 Å². The van der Waals surface area contributed by atoms with Gasteiger partial charge in [-0.2, -0.15) is 0 Å². The van der Waals surface area contributed by atoms with Crippen LogP contribution in [-0.2, 0) is 0 Å². The van der Waals surface area contributed by atoms with Gasteiger partial charge in [0.15, 0.2) is 0 Å². The van der Waals surface area contributed by atoms with E-state index in [0.29, 0.717) is 0 Å². The maximum Gasteiger partial charge on any atom is 0.0592 e. The first kappa shape index (κ1) is 3.67. The van der Waals surface area contributed by atoms with Crippen molar-refractivity contribution in [2.24, 2.45) is 5.92 Å². The van der Waals surface area contributed by atoms with Crippen LogP contribution in [0.1, 0.15) is 6.42 Å². The van der Waals surface area contributed by atoms with Gasteiger partial charge in [-0.15, -0.1) is 0 Å². The summed E-state index contributed by atoms with van der Waals surface area (Å²) in [5.41, 5.74) is 0. The lowest BCUT2D eigenvalue weighted by molar-refractivity contribution is 0.730. The molecule has 0 aromatic rings. The van der Waals surface area contributed by atoms with Gasteiger partial charge in [-0.3, -0.25) is 0 Å². The van der Waals surface area contributed by atoms with Crippen LogP contribution in [0.3, 0.4) is 0 Å². The smallest absolute Gasteiger partial charge is 0.0592 e. The molecule has 7 heavy (non-hydrogen) atoms. The van der Waals surface area contributed by atoms with Crippen molar-refractivity contribution in [2.45, 2.75) is 6.42 Å². The third-order valence-corrected chi connectivity index (χ3v) is 1.64. The van der Waals surface area contributed by atoms with Crippen molar-refractivity contribution in [1.82, 2.24) is 5.32 Å². The Bertz CT molecular complexity index is 94.7. The van der Waals surface area contributed by atoms with Gasteiger partial charge in [0.2, 0.25) is 0 Å². The summed E-state index contributed by atoms with van der Waals surface area (Å²) in [6, 6.07) is 1.44. The van der Waals surface area contributed by atoms with Crippen LogP contribution in [0.15, 0.2) is 12.2 Å². The average Bonchev–Trinajstić information content (AvgIpc) is 2.22. The lowest BCUT2D eigenvalue weighted by atomic mass is 10.2. The molecule has 1 aliphatic heterocycles. The molecular weight excluding hydrogens is 86.1 g/mol. The van der Waals surface area contributed by atoms with Gasteiger partial charge in [0.1, 0.15) is 0 Å². The molecule has 2 aliphatic rings. The fourth-order valence-electron chi connectivity index (χ4n) is 1.20. The number of rotatable bonds is 0. The minimum Gasteiger partial charge on any atom is -0.305 e. The van der Waals surface area contributed by atoms with Crippen LogP contribution < -0.4 is 5.32 Å². The van der Waals surface area contributed by atoms with E-state index in [1.54, 1.807) is 0 Å². The number of hydrogen-bond donors (Lipinski definition) is 1. The highest BCUT2D eigenvalue weighted by Crippen LogP contribution is 2.28. The van der Waals surface area contributed by atoms with Crippen molar-refractivity contribution >= 4 is 0 Å². The minimum atomic E-state index is 0.843. The quantitative estimate of drug-likeness (QED) is 0.466. The van der Waals surface area contributed by atoms with E-state index in [4.69, 9.17) is 0 Å². The summed E-state index contributed by atoms with van der Waals surface area (Å²) >= 11 is 0. The van der Waals surface area contributed by atoms with E-state index >= 15 is 0 Å². The molecule has 2 bridgehead atoms. The molecule has 1 aliphatic carbocycles. The average molecular weight is 94.1 g/mol. The Morgan fingerprint density at radius 3 is 2.86 bits per heavy atom. The van der Waals surface area contributed by atoms with E-state index in [2.05, 4.69) is 17.5 Å². The predicted octanol–water partition coefficient (Wildman–Crippen LogP) is 0.698. The monoisotopic (exact) mass is 94.1 g/mol. The zero-order chi connectivity index (χ0) is 4.69. The van der Waals surface area contributed by atoms with Crippen molar-refractivity contribution < 1.29 is 0 Å². The molecule has 0 amide bonds. The SMILES string of the molecule is C1=C[C@H]2CN[C]1C2. The molecule has 0 unspecified atom stereocenters. The molecule has 2 rings (SSSR count). The molecule has 1 radical (unpaired) electrons. The van der Waals surface area contributed by atoms with E-state index in [1.165, 1.54) is 19.0 Å². The van der Waals surface area contributed by atoms with Crippen LogP contribution >= 0.6 is 0 Å². The van der Waals surface area contributed by atoms with Crippen LogP contribution in [-0.4, -0.2) is 6.54 Å². The second kappa shape index (κ2) is 1.10. The fourth-order valence-corrected chi connectivity index (χ4v) is 1.20. The van der Waals surface area contributed by atoms with Crippen molar-refractivity contribution in [3.8, 4) is 0 Å². The molecule has 1 fully saturated rings. The zero-order valence-electron chi connectivity index (χ0n) is 4.15. The molecule has 1 atom stereocenters. The molecule has 37 valence electrons. The van der Waals surface area contributed by atoms with Crippen LogP contribution in [0.5, 0.6) is 0 Å². The molecule has 1 saturated heterocycles. The van der Waals surface area contributed by atoms with Gasteiger partial charge in [-0.1, -0.05) is 12.2 Å². The first-order chi connectivity index (χ1) is 3.45. The zero-order valence-corrected chi connectivity index (χ0v) is 4.15. The predicted molar refractivity (Wildman–Crippen MR) is 28.5 cm³/mol. The number of fused-ring (bicyclic) bond motifs is 2. The van der Waals surface area contributed by atoms with Crippen molar-refractivity contribution in [2.75, 3.05) is 6.54 Å². The van der Waals surface area contributed by atoms with Crippen molar-refractivity contribution in [3.05, 3.63) is 18.2 Å². The van der Waals surface area contributed by atoms with Crippen LogP contribution in [0.25, 0.3) is 0 Å². The highest BCUT2D eigenvalue weighted by atomic mass is 15.0. The second-order valence-corrected chi connectivity index (χ2v) is 2.23. The van der Waals surface area contributed by atoms with E-state index in [0.717, 1.165) is 5.92 Å². The Labute approximate surface area is 43.4 Å². The van der Waals surface area contributed by atoms with E-state index < -0.39 is 0 Å².